The fraction of sp³-hybridized carbons (Fsp3) is 0.227. The van der Waals surface area contributed by atoms with Gasteiger partial charge in [0.25, 0.3) is 0 Å². The topological polar surface area (TPSA) is 61.2 Å². The van der Waals surface area contributed by atoms with Gasteiger partial charge in [-0.2, -0.15) is 5.10 Å². The Hall–Kier alpha value is -2.92. The Labute approximate surface area is 168 Å². The molecule has 0 spiro atoms. The molecule has 2 aromatic carbocycles. The zero-order valence-electron chi connectivity index (χ0n) is 15.6. The van der Waals surface area contributed by atoms with Crippen molar-refractivity contribution in [2.24, 2.45) is 0 Å². The molecule has 0 bridgehead atoms. The molecule has 6 heteroatoms. The number of halogens is 1. The van der Waals surface area contributed by atoms with E-state index in [1.165, 1.54) is 0 Å². The van der Waals surface area contributed by atoms with Gasteiger partial charge in [0, 0.05) is 12.0 Å². The monoisotopic (exact) mass is 396 g/mol. The molecule has 1 aromatic heterocycles. The molecule has 0 saturated heterocycles. The predicted octanol–water partition coefficient (Wildman–Crippen LogP) is 4.71. The minimum atomic E-state index is -0.519. The number of carbonyl (C=O) groups is 2. The van der Waals surface area contributed by atoms with Crippen molar-refractivity contribution in [2.75, 3.05) is 6.61 Å². The summed E-state index contributed by atoms with van der Waals surface area (Å²) in [5, 5.41) is 4.61. The number of esters is 1. The fourth-order valence-corrected chi connectivity index (χ4v) is 3.20. The first-order chi connectivity index (χ1) is 13.6. The highest BCUT2D eigenvalue weighted by molar-refractivity contribution is 6.32. The van der Waals surface area contributed by atoms with Crippen LogP contribution in [0.1, 0.15) is 44.8 Å². The van der Waals surface area contributed by atoms with Crippen LogP contribution in [0.15, 0.2) is 60.7 Å². The van der Waals surface area contributed by atoms with Gasteiger partial charge in [-0.25, -0.2) is 9.48 Å². The van der Waals surface area contributed by atoms with Crippen LogP contribution in [-0.4, -0.2) is 28.1 Å². The highest BCUT2D eigenvalue weighted by Gasteiger charge is 2.21. The number of Topliss-reactive ketones (excluding diaryl/α,β-unsaturated/α-hetero) is 1. The summed E-state index contributed by atoms with van der Waals surface area (Å²) >= 11 is 6.36. The Morgan fingerprint density at radius 1 is 1.04 bits per heavy atom. The normalized spacial score (nSPS) is 10.6. The quantitative estimate of drug-likeness (QED) is 0.314. The summed E-state index contributed by atoms with van der Waals surface area (Å²) in [4.78, 5) is 24.5. The number of nitrogens with zero attached hydrogens (tertiary/aromatic N) is 2. The Morgan fingerprint density at radius 2 is 1.68 bits per heavy atom. The Balaban J connectivity index is 1.55. The van der Waals surface area contributed by atoms with E-state index in [0.717, 1.165) is 5.56 Å². The van der Waals surface area contributed by atoms with Crippen molar-refractivity contribution in [3.8, 4) is 0 Å². The van der Waals surface area contributed by atoms with E-state index in [-0.39, 0.29) is 23.1 Å². The highest BCUT2D eigenvalue weighted by Crippen LogP contribution is 2.22. The summed E-state index contributed by atoms with van der Waals surface area (Å²) in [5.74, 6) is -0.490. The number of hydrogen-bond donors (Lipinski definition) is 0. The summed E-state index contributed by atoms with van der Waals surface area (Å²) in [6.07, 6.45) is 0.769. The first kappa shape index (κ1) is 19.8. The standard InChI is InChI=1S/C22H21ClN2O3/c1-16-20(21(23)25(24-16)15-17-9-4-2-5-10-17)22(27)28-14-8-13-19(26)18-11-6-3-7-12-18/h2-7,9-12H,8,13-15H2,1H3. The molecule has 3 aromatic rings. The first-order valence-corrected chi connectivity index (χ1v) is 9.46. The summed E-state index contributed by atoms with van der Waals surface area (Å²) in [6, 6.07) is 18.8. The molecular weight excluding hydrogens is 376 g/mol. The lowest BCUT2D eigenvalue weighted by atomic mass is 10.1. The molecule has 0 aliphatic rings. The zero-order valence-corrected chi connectivity index (χ0v) is 16.4. The SMILES string of the molecule is Cc1nn(Cc2ccccc2)c(Cl)c1C(=O)OCCCC(=O)c1ccccc1. The van der Waals surface area contributed by atoms with E-state index in [2.05, 4.69) is 5.10 Å². The van der Waals surface area contributed by atoms with E-state index in [1.54, 1.807) is 23.7 Å². The van der Waals surface area contributed by atoms with Crippen molar-refractivity contribution < 1.29 is 14.3 Å². The zero-order chi connectivity index (χ0) is 19.9. The van der Waals surface area contributed by atoms with Crippen LogP contribution in [0.3, 0.4) is 0 Å². The third-order valence-electron chi connectivity index (χ3n) is 4.32. The molecule has 0 amide bonds. The van der Waals surface area contributed by atoms with Crippen LogP contribution < -0.4 is 0 Å². The lowest BCUT2D eigenvalue weighted by Gasteiger charge is -2.06. The van der Waals surface area contributed by atoms with Crippen LogP contribution in [0.2, 0.25) is 5.15 Å². The Morgan fingerprint density at radius 3 is 2.36 bits per heavy atom. The molecule has 0 saturated carbocycles. The van der Waals surface area contributed by atoms with Crippen LogP contribution in [0, 0.1) is 6.92 Å². The average molecular weight is 397 g/mol. The van der Waals surface area contributed by atoms with Gasteiger partial charge in [0.1, 0.15) is 10.7 Å². The number of hydrogen-bond acceptors (Lipinski definition) is 4. The van der Waals surface area contributed by atoms with Gasteiger partial charge in [0.2, 0.25) is 0 Å². The minimum absolute atomic E-state index is 0.0292. The maximum absolute atomic E-state index is 12.4. The van der Waals surface area contributed by atoms with Crippen LogP contribution in [-0.2, 0) is 11.3 Å². The molecule has 0 N–H and O–H groups in total. The van der Waals surface area contributed by atoms with Gasteiger partial charge in [-0.15, -0.1) is 0 Å². The van der Waals surface area contributed by atoms with E-state index < -0.39 is 5.97 Å². The van der Waals surface area contributed by atoms with Crippen molar-refractivity contribution in [3.05, 3.63) is 88.2 Å². The van der Waals surface area contributed by atoms with Gasteiger partial charge in [-0.05, 0) is 18.9 Å². The lowest BCUT2D eigenvalue weighted by Crippen LogP contribution is -2.09. The van der Waals surface area contributed by atoms with Gasteiger partial charge in [0.15, 0.2) is 5.78 Å². The molecule has 28 heavy (non-hydrogen) atoms. The number of aromatic nitrogens is 2. The Bertz CT molecular complexity index is 953. The van der Waals surface area contributed by atoms with Crippen LogP contribution in [0.4, 0.5) is 0 Å². The molecule has 144 valence electrons. The molecule has 0 unspecified atom stereocenters. The van der Waals surface area contributed by atoms with E-state index in [9.17, 15) is 9.59 Å². The largest absolute Gasteiger partial charge is 0.462 e. The third-order valence-corrected chi connectivity index (χ3v) is 4.71. The van der Waals surface area contributed by atoms with Gasteiger partial charge >= 0.3 is 5.97 Å². The number of ketones is 1. The maximum Gasteiger partial charge on any atom is 0.343 e. The maximum atomic E-state index is 12.4. The number of rotatable bonds is 8. The summed E-state index contributed by atoms with van der Waals surface area (Å²) in [5.41, 5.74) is 2.49. The number of ether oxygens (including phenoxy) is 1. The minimum Gasteiger partial charge on any atom is -0.462 e. The fourth-order valence-electron chi connectivity index (χ4n) is 2.88. The molecular formula is C22H21ClN2O3. The van der Waals surface area contributed by atoms with E-state index in [4.69, 9.17) is 16.3 Å². The van der Waals surface area contributed by atoms with Gasteiger partial charge in [-0.3, -0.25) is 4.79 Å². The Kier molecular flexibility index (Phi) is 6.61. The van der Waals surface area contributed by atoms with E-state index in [0.29, 0.717) is 30.6 Å². The molecule has 0 aliphatic heterocycles. The molecule has 0 aliphatic carbocycles. The van der Waals surface area contributed by atoms with Gasteiger partial charge in [-0.1, -0.05) is 72.3 Å². The van der Waals surface area contributed by atoms with Crippen molar-refractivity contribution in [1.82, 2.24) is 9.78 Å². The predicted molar refractivity (Wildman–Crippen MR) is 108 cm³/mol. The molecule has 0 fully saturated rings. The first-order valence-electron chi connectivity index (χ1n) is 9.08. The third kappa shape index (κ3) is 4.87. The lowest BCUT2D eigenvalue weighted by molar-refractivity contribution is 0.0493. The molecule has 1 heterocycles. The second-order valence-corrected chi connectivity index (χ2v) is 6.78. The van der Waals surface area contributed by atoms with Crippen molar-refractivity contribution in [1.29, 1.82) is 0 Å². The smallest absolute Gasteiger partial charge is 0.343 e. The summed E-state index contributed by atoms with van der Waals surface area (Å²) < 4.78 is 6.90. The number of aryl methyl sites for hydroxylation is 1. The number of carbonyl (C=O) groups excluding carboxylic acids is 2. The molecule has 0 atom stereocenters. The second kappa shape index (κ2) is 9.33. The summed E-state index contributed by atoms with van der Waals surface area (Å²) in [6.45, 7) is 2.35. The molecule has 5 nitrogen and oxygen atoms in total. The van der Waals surface area contributed by atoms with Crippen LogP contribution in [0.25, 0.3) is 0 Å². The van der Waals surface area contributed by atoms with Crippen LogP contribution in [0.5, 0.6) is 0 Å². The molecule has 0 radical (unpaired) electrons. The van der Waals surface area contributed by atoms with Gasteiger partial charge in [0.05, 0.1) is 18.8 Å². The summed E-state index contributed by atoms with van der Waals surface area (Å²) in [7, 11) is 0. The van der Waals surface area contributed by atoms with Gasteiger partial charge < -0.3 is 4.74 Å². The number of benzene rings is 2. The van der Waals surface area contributed by atoms with Crippen LogP contribution >= 0.6 is 11.6 Å². The second-order valence-electron chi connectivity index (χ2n) is 6.42. The van der Waals surface area contributed by atoms with E-state index in [1.807, 2.05) is 48.5 Å². The van der Waals surface area contributed by atoms with E-state index >= 15 is 0 Å². The average Bonchev–Trinajstić information content (AvgIpc) is 2.99. The molecule has 3 rings (SSSR count). The van der Waals surface area contributed by atoms with Crippen molar-refractivity contribution in [3.63, 3.8) is 0 Å². The van der Waals surface area contributed by atoms with Crippen molar-refractivity contribution in [2.45, 2.75) is 26.3 Å². The van der Waals surface area contributed by atoms with Crippen molar-refractivity contribution >= 4 is 23.4 Å². The highest BCUT2D eigenvalue weighted by atomic mass is 35.5.